The molecule has 1 amide bonds. The highest BCUT2D eigenvalue weighted by Crippen LogP contribution is 2.24. The largest absolute Gasteiger partial charge is 0.378 e. The Morgan fingerprint density at radius 3 is 2.56 bits per heavy atom. The number of aromatic nitrogens is 4. The second kappa shape index (κ2) is 10.1. The van der Waals surface area contributed by atoms with E-state index in [9.17, 15) is 9.59 Å². The van der Waals surface area contributed by atoms with Crippen molar-refractivity contribution in [3.05, 3.63) is 75.7 Å². The molecule has 5 rings (SSSR count). The third kappa shape index (κ3) is 4.72. The molecule has 0 unspecified atom stereocenters. The van der Waals surface area contributed by atoms with Gasteiger partial charge >= 0.3 is 0 Å². The normalized spacial score (nSPS) is 13.9. The van der Waals surface area contributed by atoms with Gasteiger partial charge in [-0.1, -0.05) is 49.7 Å². The maximum absolute atomic E-state index is 13.3. The second-order valence-corrected chi connectivity index (χ2v) is 9.35. The molecule has 36 heavy (non-hydrogen) atoms. The minimum atomic E-state index is -0.498. The van der Waals surface area contributed by atoms with E-state index in [4.69, 9.17) is 16.3 Å². The van der Waals surface area contributed by atoms with Gasteiger partial charge in [0.15, 0.2) is 0 Å². The molecule has 9 nitrogen and oxygen atoms in total. The zero-order chi connectivity index (χ0) is 25.2. The van der Waals surface area contributed by atoms with Crippen molar-refractivity contribution in [2.75, 3.05) is 36.5 Å². The molecule has 0 spiro atoms. The lowest BCUT2D eigenvalue weighted by Gasteiger charge is -2.29. The number of fused-ring (bicyclic) bond motifs is 1. The summed E-state index contributed by atoms with van der Waals surface area (Å²) in [5.74, 6) is 0.379. The summed E-state index contributed by atoms with van der Waals surface area (Å²) in [6.45, 7) is 6.56. The number of amides is 1. The van der Waals surface area contributed by atoms with Crippen molar-refractivity contribution >= 4 is 39.9 Å². The molecule has 0 aliphatic carbocycles. The van der Waals surface area contributed by atoms with E-state index < -0.39 is 5.56 Å². The van der Waals surface area contributed by atoms with Gasteiger partial charge in [0.25, 0.3) is 5.56 Å². The zero-order valence-corrected chi connectivity index (χ0v) is 20.9. The van der Waals surface area contributed by atoms with Gasteiger partial charge in [0.05, 0.1) is 36.1 Å². The van der Waals surface area contributed by atoms with Crippen LogP contribution in [0, 0.1) is 0 Å². The fraction of sp³-hybridized carbons (Fsp3) is 0.308. The molecule has 0 atom stereocenters. The number of halogens is 1. The van der Waals surface area contributed by atoms with E-state index in [1.54, 1.807) is 10.8 Å². The van der Waals surface area contributed by atoms with Crippen molar-refractivity contribution in [2.24, 2.45) is 0 Å². The van der Waals surface area contributed by atoms with E-state index in [2.05, 4.69) is 29.2 Å². The Kier molecular flexibility index (Phi) is 6.75. The smallest absolute Gasteiger partial charge is 0.295 e. The van der Waals surface area contributed by atoms with E-state index in [1.165, 1.54) is 5.56 Å². The number of carbonyl (C=O) groups is 1. The number of hydrogen-bond acceptors (Lipinski definition) is 6. The van der Waals surface area contributed by atoms with Gasteiger partial charge in [0.1, 0.15) is 11.6 Å². The Balaban J connectivity index is 1.48. The lowest BCUT2D eigenvalue weighted by Crippen LogP contribution is -2.38. The molecule has 1 N–H and O–H groups in total. The van der Waals surface area contributed by atoms with Crippen LogP contribution in [0.15, 0.2) is 59.5 Å². The van der Waals surface area contributed by atoms with Crippen LogP contribution in [0.3, 0.4) is 0 Å². The molecule has 1 saturated heterocycles. The van der Waals surface area contributed by atoms with Crippen molar-refractivity contribution in [1.29, 1.82) is 0 Å². The monoisotopic (exact) mass is 506 g/mol. The molecule has 2 aromatic heterocycles. The lowest BCUT2D eigenvalue weighted by atomic mass is 10.0. The lowest BCUT2D eigenvalue weighted by molar-refractivity contribution is -0.116. The number of morpholine rings is 1. The summed E-state index contributed by atoms with van der Waals surface area (Å²) in [5.41, 5.74) is 3.30. The van der Waals surface area contributed by atoms with E-state index in [1.807, 2.05) is 53.4 Å². The zero-order valence-electron chi connectivity index (χ0n) is 20.1. The summed E-state index contributed by atoms with van der Waals surface area (Å²) in [4.78, 5) is 32.9. The van der Waals surface area contributed by atoms with E-state index in [0.717, 1.165) is 4.68 Å². The Morgan fingerprint density at radius 2 is 1.83 bits per heavy atom. The molecule has 0 radical (unpaired) electrons. The highest BCUT2D eigenvalue weighted by atomic mass is 35.5. The van der Waals surface area contributed by atoms with Crippen molar-refractivity contribution < 1.29 is 9.53 Å². The summed E-state index contributed by atoms with van der Waals surface area (Å²) in [7, 11) is 0. The van der Waals surface area contributed by atoms with E-state index in [-0.39, 0.29) is 23.4 Å². The number of nitrogens with one attached hydrogen (secondary N) is 1. The van der Waals surface area contributed by atoms with Gasteiger partial charge in [0.2, 0.25) is 11.9 Å². The van der Waals surface area contributed by atoms with Gasteiger partial charge in [-0.2, -0.15) is 9.78 Å². The van der Waals surface area contributed by atoms with Gasteiger partial charge in [-0.15, -0.1) is 0 Å². The van der Waals surface area contributed by atoms with Crippen molar-refractivity contribution in [3.8, 4) is 5.95 Å². The van der Waals surface area contributed by atoms with E-state index in [0.29, 0.717) is 54.6 Å². The average molecular weight is 507 g/mol. The number of benzene rings is 2. The molecule has 0 bridgehead atoms. The number of imidazole rings is 1. The van der Waals surface area contributed by atoms with Crippen LogP contribution in [-0.4, -0.2) is 51.5 Å². The molecule has 10 heteroatoms. The minimum absolute atomic E-state index is 0.0557. The van der Waals surface area contributed by atoms with Crippen LogP contribution >= 0.6 is 11.6 Å². The molecule has 0 saturated carbocycles. The van der Waals surface area contributed by atoms with Gasteiger partial charge in [-0.3, -0.25) is 14.2 Å². The van der Waals surface area contributed by atoms with Crippen LogP contribution in [-0.2, 0) is 16.1 Å². The number of ether oxygens (including phenoxy) is 1. The number of anilines is 2. The SMILES string of the molecule is CC(C)c1ccc(NC(=O)Cn2c(-n3ncc(N4CCOCC4)c(Cl)c3=O)nc3ccccc32)cc1. The Hall–Kier alpha value is -3.69. The molecular formula is C26H27ClN6O3. The number of para-hydroxylation sites is 2. The van der Waals surface area contributed by atoms with Crippen LogP contribution in [0.1, 0.15) is 25.3 Å². The first-order chi connectivity index (χ1) is 17.4. The number of carbonyl (C=O) groups excluding carboxylic acids is 1. The van der Waals surface area contributed by atoms with Crippen molar-refractivity contribution in [3.63, 3.8) is 0 Å². The molecule has 4 aromatic rings. The predicted molar refractivity (Wildman–Crippen MR) is 140 cm³/mol. The molecule has 3 heterocycles. The van der Waals surface area contributed by atoms with Crippen molar-refractivity contribution in [2.45, 2.75) is 26.3 Å². The van der Waals surface area contributed by atoms with Crippen LogP contribution in [0.2, 0.25) is 5.02 Å². The molecule has 1 fully saturated rings. The first kappa shape index (κ1) is 24.0. The summed E-state index contributed by atoms with van der Waals surface area (Å²) in [5, 5.41) is 7.36. The summed E-state index contributed by atoms with van der Waals surface area (Å²) in [6, 6.07) is 15.2. The van der Waals surface area contributed by atoms with Crippen LogP contribution in [0.5, 0.6) is 0 Å². The Labute approximate surface area is 213 Å². The third-order valence-electron chi connectivity index (χ3n) is 6.24. The summed E-state index contributed by atoms with van der Waals surface area (Å²) in [6.07, 6.45) is 1.56. The fourth-order valence-corrected chi connectivity index (χ4v) is 4.52. The molecule has 1 aliphatic rings. The maximum atomic E-state index is 13.3. The van der Waals surface area contributed by atoms with Gasteiger partial charge in [0, 0.05) is 18.8 Å². The fourth-order valence-electron chi connectivity index (χ4n) is 4.27. The van der Waals surface area contributed by atoms with Gasteiger partial charge < -0.3 is 15.0 Å². The van der Waals surface area contributed by atoms with Gasteiger partial charge in [-0.05, 0) is 35.7 Å². The molecule has 186 valence electrons. The van der Waals surface area contributed by atoms with Crippen molar-refractivity contribution in [1.82, 2.24) is 19.3 Å². The quantitative estimate of drug-likeness (QED) is 0.427. The summed E-state index contributed by atoms with van der Waals surface area (Å²) >= 11 is 6.51. The minimum Gasteiger partial charge on any atom is -0.378 e. The Morgan fingerprint density at radius 1 is 1.11 bits per heavy atom. The first-order valence-corrected chi connectivity index (χ1v) is 12.3. The van der Waals surface area contributed by atoms with Gasteiger partial charge in [-0.25, -0.2) is 4.98 Å². The average Bonchev–Trinajstić information content (AvgIpc) is 3.24. The number of nitrogens with zero attached hydrogens (tertiary/aromatic N) is 5. The summed E-state index contributed by atoms with van der Waals surface area (Å²) < 4.78 is 8.21. The van der Waals surface area contributed by atoms with Crippen LogP contribution < -0.4 is 15.8 Å². The van der Waals surface area contributed by atoms with Crippen LogP contribution in [0.25, 0.3) is 17.0 Å². The Bertz CT molecular complexity index is 1460. The molecule has 1 aliphatic heterocycles. The number of rotatable bonds is 6. The third-order valence-corrected chi connectivity index (χ3v) is 6.59. The highest BCUT2D eigenvalue weighted by Gasteiger charge is 2.22. The standard InChI is InChI=1S/C26H27ClN6O3/c1-17(2)18-7-9-19(10-8-18)29-23(34)16-32-21-6-4-3-5-20(21)30-26(32)33-25(35)24(27)22(15-28-33)31-11-13-36-14-12-31/h3-10,15,17H,11-14,16H2,1-2H3,(H,29,34). The number of hydrogen-bond donors (Lipinski definition) is 1. The molecular weight excluding hydrogens is 480 g/mol. The van der Waals surface area contributed by atoms with E-state index >= 15 is 0 Å². The topological polar surface area (TPSA) is 94.3 Å². The van der Waals surface area contributed by atoms with Crippen LogP contribution in [0.4, 0.5) is 11.4 Å². The highest BCUT2D eigenvalue weighted by molar-refractivity contribution is 6.33. The predicted octanol–water partition coefficient (Wildman–Crippen LogP) is 3.83. The first-order valence-electron chi connectivity index (χ1n) is 11.9. The maximum Gasteiger partial charge on any atom is 0.295 e. The molecule has 2 aromatic carbocycles. The second-order valence-electron chi connectivity index (χ2n) is 8.97.